The van der Waals surface area contributed by atoms with Crippen molar-refractivity contribution in [2.75, 3.05) is 23.8 Å². The molecule has 0 aromatic heterocycles. The standard InChI is InChI=1S/C13H20N2O2S2/c14-12-3-5-13(6-4-12)18-9-10-19(16,17)15-8-7-11-1-2-11/h3-6,11,15H,1-2,7-10,14H2. The fourth-order valence-corrected chi connectivity index (χ4v) is 4.08. The summed E-state index contributed by atoms with van der Waals surface area (Å²) in [4.78, 5) is 1.04. The van der Waals surface area contributed by atoms with Crippen molar-refractivity contribution in [1.29, 1.82) is 0 Å². The van der Waals surface area contributed by atoms with Crippen molar-refractivity contribution in [2.24, 2.45) is 5.92 Å². The van der Waals surface area contributed by atoms with Gasteiger partial charge in [0.15, 0.2) is 0 Å². The lowest BCUT2D eigenvalue weighted by molar-refractivity contribution is 0.577. The number of nitrogen functional groups attached to an aromatic ring is 1. The molecule has 106 valence electrons. The molecule has 1 aromatic rings. The lowest BCUT2D eigenvalue weighted by atomic mass is 10.3. The van der Waals surface area contributed by atoms with Gasteiger partial charge in [-0.15, -0.1) is 11.8 Å². The first kappa shape index (κ1) is 14.7. The summed E-state index contributed by atoms with van der Waals surface area (Å²) in [5.74, 6) is 1.47. The second kappa shape index (κ2) is 6.63. The van der Waals surface area contributed by atoms with Crippen LogP contribution >= 0.6 is 11.8 Å². The number of anilines is 1. The summed E-state index contributed by atoms with van der Waals surface area (Å²) >= 11 is 1.53. The molecule has 0 atom stereocenters. The van der Waals surface area contributed by atoms with Crippen molar-refractivity contribution in [2.45, 2.75) is 24.2 Å². The number of nitrogens with one attached hydrogen (secondary N) is 1. The molecular weight excluding hydrogens is 280 g/mol. The van der Waals surface area contributed by atoms with E-state index in [1.54, 1.807) is 0 Å². The highest BCUT2D eigenvalue weighted by Crippen LogP contribution is 2.31. The molecule has 0 bridgehead atoms. The van der Waals surface area contributed by atoms with Crippen LogP contribution in [0.5, 0.6) is 0 Å². The smallest absolute Gasteiger partial charge is 0.212 e. The highest BCUT2D eigenvalue weighted by molar-refractivity contribution is 8.00. The number of hydrogen-bond donors (Lipinski definition) is 2. The number of rotatable bonds is 8. The third-order valence-electron chi connectivity index (χ3n) is 3.07. The van der Waals surface area contributed by atoms with Gasteiger partial charge in [-0.3, -0.25) is 0 Å². The first-order valence-electron chi connectivity index (χ1n) is 6.51. The Balaban J connectivity index is 1.66. The van der Waals surface area contributed by atoms with Crippen molar-refractivity contribution in [3.8, 4) is 0 Å². The summed E-state index contributed by atoms with van der Waals surface area (Å²) in [5.41, 5.74) is 6.31. The molecule has 0 saturated heterocycles. The molecule has 1 aromatic carbocycles. The topological polar surface area (TPSA) is 72.2 Å². The molecule has 3 N–H and O–H groups in total. The second-order valence-electron chi connectivity index (χ2n) is 4.86. The summed E-state index contributed by atoms with van der Waals surface area (Å²) in [6.07, 6.45) is 3.49. The molecule has 6 heteroatoms. The van der Waals surface area contributed by atoms with Crippen LogP contribution in [0.25, 0.3) is 0 Å². The molecule has 0 spiro atoms. The zero-order valence-corrected chi connectivity index (χ0v) is 12.5. The normalized spacial score (nSPS) is 15.6. The summed E-state index contributed by atoms with van der Waals surface area (Å²) in [5, 5.41) is 0. The molecule has 1 saturated carbocycles. The monoisotopic (exact) mass is 300 g/mol. The average Bonchev–Trinajstić information content (AvgIpc) is 3.15. The molecule has 1 fully saturated rings. The van der Waals surface area contributed by atoms with Gasteiger partial charge in [0.2, 0.25) is 10.0 Å². The Morgan fingerprint density at radius 1 is 1.26 bits per heavy atom. The minimum Gasteiger partial charge on any atom is -0.399 e. The van der Waals surface area contributed by atoms with Crippen LogP contribution in [0.15, 0.2) is 29.2 Å². The molecular formula is C13H20N2O2S2. The van der Waals surface area contributed by atoms with Crippen LogP contribution < -0.4 is 10.5 Å². The van der Waals surface area contributed by atoms with Gasteiger partial charge in [0.05, 0.1) is 5.75 Å². The molecule has 1 aliphatic rings. The maximum atomic E-state index is 11.7. The fourth-order valence-electron chi connectivity index (χ4n) is 1.73. The van der Waals surface area contributed by atoms with Gasteiger partial charge >= 0.3 is 0 Å². The van der Waals surface area contributed by atoms with Crippen LogP contribution in [0.2, 0.25) is 0 Å². The molecule has 2 rings (SSSR count). The van der Waals surface area contributed by atoms with Gasteiger partial charge in [0.25, 0.3) is 0 Å². The van der Waals surface area contributed by atoms with E-state index in [1.807, 2.05) is 24.3 Å². The predicted octanol–water partition coefficient (Wildman–Crippen LogP) is 2.08. The van der Waals surface area contributed by atoms with E-state index in [1.165, 1.54) is 24.6 Å². The van der Waals surface area contributed by atoms with Crippen molar-refractivity contribution >= 4 is 27.5 Å². The summed E-state index contributed by atoms with van der Waals surface area (Å²) in [6.45, 7) is 0.583. The Morgan fingerprint density at radius 2 is 1.95 bits per heavy atom. The highest BCUT2D eigenvalue weighted by Gasteiger charge is 2.21. The largest absolute Gasteiger partial charge is 0.399 e. The van der Waals surface area contributed by atoms with E-state index in [9.17, 15) is 8.42 Å². The maximum absolute atomic E-state index is 11.7. The molecule has 0 amide bonds. The second-order valence-corrected chi connectivity index (χ2v) is 7.96. The lowest BCUT2D eigenvalue weighted by Crippen LogP contribution is -2.28. The lowest BCUT2D eigenvalue weighted by Gasteiger charge is -2.06. The molecule has 0 radical (unpaired) electrons. The quantitative estimate of drug-likeness (QED) is 0.569. The minimum absolute atomic E-state index is 0.159. The van der Waals surface area contributed by atoms with Gasteiger partial charge in [-0.25, -0.2) is 13.1 Å². The Hall–Kier alpha value is -0.720. The van der Waals surface area contributed by atoms with Crippen molar-refractivity contribution in [3.05, 3.63) is 24.3 Å². The van der Waals surface area contributed by atoms with Gasteiger partial charge < -0.3 is 5.73 Å². The Labute approximate surface area is 119 Å². The maximum Gasteiger partial charge on any atom is 0.212 e. The van der Waals surface area contributed by atoms with Crippen molar-refractivity contribution in [1.82, 2.24) is 4.72 Å². The molecule has 19 heavy (non-hydrogen) atoms. The van der Waals surface area contributed by atoms with Gasteiger partial charge in [-0.05, 0) is 36.6 Å². The zero-order valence-electron chi connectivity index (χ0n) is 10.8. The Morgan fingerprint density at radius 3 is 2.58 bits per heavy atom. The number of benzene rings is 1. The van der Waals surface area contributed by atoms with Crippen molar-refractivity contribution < 1.29 is 8.42 Å². The number of hydrogen-bond acceptors (Lipinski definition) is 4. The van der Waals surface area contributed by atoms with E-state index in [2.05, 4.69) is 4.72 Å². The zero-order chi connectivity index (χ0) is 13.7. The summed E-state index contributed by atoms with van der Waals surface area (Å²) in [7, 11) is -3.12. The summed E-state index contributed by atoms with van der Waals surface area (Å²) < 4.78 is 26.1. The van der Waals surface area contributed by atoms with Crippen LogP contribution in [0.3, 0.4) is 0 Å². The number of sulfonamides is 1. The van der Waals surface area contributed by atoms with Crippen LogP contribution in [-0.4, -0.2) is 26.5 Å². The van der Waals surface area contributed by atoms with E-state index in [-0.39, 0.29) is 5.75 Å². The van der Waals surface area contributed by atoms with E-state index in [0.717, 1.165) is 22.9 Å². The average molecular weight is 300 g/mol. The molecule has 0 aliphatic heterocycles. The molecule has 1 aliphatic carbocycles. The van der Waals surface area contributed by atoms with Crippen molar-refractivity contribution in [3.63, 3.8) is 0 Å². The van der Waals surface area contributed by atoms with Crippen LogP contribution in [0.1, 0.15) is 19.3 Å². The SMILES string of the molecule is Nc1ccc(SCCS(=O)(=O)NCCC2CC2)cc1. The van der Waals surface area contributed by atoms with E-state index < -0.39 is 10.0 Å². The Bertz CT molecular complexity index is 496. The van der Waals surface area contributed by atoms with Gasteiger partial charge in [-0.1, -0.05) is 12.8 Å². The first-order valence-corrected chi connectivity index (χ1v) is 9.15. The van der Waals surface area contributed by atoms with Gasteiger partial charge in [0, 0.05) is 22.9 Å². The first-order chi connectivity index (χ1) is 9.05. The number of thioether (sulfide) groups is 1. The van der Waals surface area contributed by atoms with E-state index in [4.69, 9.17) is 5.73 Å². The summed E-state index contributed by atoms with van der Waals surface area (Å²) in [6, 6.07) is 7.47. The van der Waals surface area contributed by atoms with E-state index in [0.29, 0.717) is 12.3 Å². The van der Waals surface area contributed by atoms with Crippen LogP contribution in [-0.2, 0) is 10.0 Å². The third-order valence-corrected chi connectivity index (χ3v) is 5.73. The van der Waals surface area contributed by atoms with Gasteiger partial charge in [0.1, 0.15) is 0 Å². The third kappa shape index (κ3) is 5.84. The molecule has 0 heterocycles. The van der Waals surface area contributed by atoms with Gasteiger partial charge in [-0.2, -0.15) is 0 Å². The molecule has 4 nitrogen and oxygen atoms in total. The molecule has 0 unspecified atom stereocenters. The highest BCUT2D eigenvalue weighted by atomic mass is 32.2. The van der Waals surface area contributed by atoms with Crippen LogP contribution in [0, 0.1) is 5.92 Å². The minimum atomic E-state index is -3.12. The van der Waals surface area contributed by atoms with E-state index >= 15 is 0 Å². The van der Waals surface area contributed by atoms with Crippen LogP contribution in [0.4, 0.5) is 5.69 Å². The number of nitrogens with two attached hydrogens (primary N) is 1. The fraction of sp³-hybridized carbons (Fsp3) is 0.538. The predicted molar refractivity (Wildman–Crippen MR) is 80.7 cm³/mol. The Kier molecular flexibility index (Phi) is 5.13.